The van der Waals surface area contributed by atoms with E-state index < -0.39 is 7.92 Å². The number of fused-ring (bicyclic) bond motifs is 3. The van der Waals surface area contributed by atoms with E-state index in [4.69, 9.17) is 20.1 Å². The average Bonchev–Trinajstić information content (AvgIpc) is 3.56. The summed E-state index contributed by atoms with van der Waals surface area (Å²) in [6.45, 7) is 8.87. The number of benzene rings is 2. The van der Waals surface area contributed by atoms with Gasteiger partial charge in [-0.3, -0.25) is 9.97 Å². The van der Waals surface area contributed by atoms with Gasteiger partial charge in [0.15, 0.2) is 0 Å². The van der Waals surface area contributed by atoms with Gasteiger partial charge in [-0.2, -0.15) is 9.97 Å². The van der Waals surface area contributed by atoms with Crippen molar-refractivity contribution in [1.29, 1.82) is 5.41 Å². The topological polar surface area (TPSA) is 143 Å². The van der Waals surface area contributed by atoms with Crippen molar-refractivity contribution in [3.8, 4) is 5.75 Å². The van der Waals surface area contributed by atoms with E-state index in [-0.39, 0.29) is 0 Å². The molecule has 242 valence electrons. The summed E-state index contributed by atoms with van der Waals surface area (Å²) in [6.07, 6.45) is 10.5. The summed E-state index contributed by atoms with van der Waals surface area (Å²) in [5, 5.41) is 20.6. The molecule has 3 aromatic heterocycles. The minimum Gasteiger partial charge on any atom is -0.491 e. The minimum absolute atomic E-state index is 0.434. The van der Waals surface area contributed by atoms with Crippen molar-refractivity contribution in [1.82, 2.24) is 35.1 Å². The van der Waals surface area contributed by atoms with Gasteiger partial charge in [0.25, 0.3) is 0 Å². The second-order valence-corrected chi connectivity index (χ2v) is 14.3. The fourth-order valence-electron chi connectivity index (χ4n) is 6.50. The summed E-state index contributed by atoms with van der Waals surface area (Å²) in [4.78, 5) is 27.2. The van der Waals surface area contributed by atoms with E-state index in [9.17, 15) is 0 Å². The van der Waals surface area contributed by atoms with Gasteiger partial charge in [0, 0.05) is 91.9 Å². The molecule has 2 aromatic carbocycles. The van der Waals surface area contributed by atoms with Gasteiger partial charge in [-0.25, -0.2) is 0 Å². The first-order valence-electron chi connectivity index (χ1n) is 15.9. The first-order valence-corrected chi connectivity index (χ1v) is 18.1. The Hall–Kier alpha value is -4.80. The maximum absolute atomic E-state index is 8.32. The number of aromatic amines is 1. The number of likely N-dealkylation sites (N-methyl/N-ethyl adjacent to an activating group) is 1. The van der Waals surface area contributed by atoms with E-state index >= 15 is 0 Å². The molecule has 0 atom stereocenters. The third-order valence-corrected chi connectivity index (χ3v) is 10.1. The van der Waals surface area contributed by atoms with E-state index in [1.165, 1.54) is 6.21 Å². The predicted molar refractivity (Wildman–Crippen MR) is 194 cm³/mol. The number of rotatable bonds is 9. The van der Waals surface area contributed by atoms with E-state index in [0.29, 0.717) is 24.0 Å². The molecule has 5 aromatic rings. The lowest BCUT2D eigenvalue weighted by Crippen LogP contribution is -2.45. The van der Waals surface area contributed by atoms with Crippen LogP contribution in [0.5, 0.6) is 5.75 Å². The zero-order valence-electron chi connectivity index (χ0n) is 27.2. The molecule has 5 heterocycles. The molecule has 1 fully saturated rings. The van der Waals surface area contributed by atoms with Crippen molar-refractivity contribution in [3.63, 3.8) is 0 Å². The lowest BCUT2D eigenvalue weighted by molar-refractivity contribution is 0.288. The lowest BCUT2D eigenvalue weighted by atomic mass is 9.93. The zero-order chi connectivity index (χ0) is 32.5. The van der Waals surface area contributed by atoms with Crippen LogP contribution in [0.3, 0.4) is 0 Å². The summed E-state index contributed by atoms with van der Waals surface area (Å²) in [5.74, 6) is 1.94. The molecule has 0 spiro atoms. The van der Waals surface area contributed by atoms with Crippen molar-refractivity contribution >= 4 is 75.9 Å². The van der Waals surface area contributed by atoms with Crippen molar-refractivity contribution in [2.45, 2.75) is 12.8 Å². The molecule has 2 aliphatic heterocycles. The number of nitrogens with one attached hydrogen (secondary N) is 5. The SMILES string of the molecule is CN/C=C(\C=N)c1cc(Nc2nc(Nc3ccc4nccnc4c3P(C)C)c3cc[nH]c3n2)c2c(c1N1CCN(C)CC1)CCCO2. The molecular weight excluding hydrogens is 609 g/mol. The zero-order valence-corrected chi connectivity index (χ0v) is 28.1. The van der Waals surface area contributed by atoms with Crippen molar-refractivity contribution in [2.75, 3.05) is 75.7 Å². The highest BCUT2D eigenvalue weighted by Gasteiger charge is 2.29. The molecule has 7 rings (SSSR count). The van der Waals surface area contributed by atoms with E-state index in [1.54, 1.807) is 12.4 Å². The number of aromatic nitrogens is 5. The minimum atomic E-state index is -0.508. The molecule has 0 unspecified atom stereocenters. The van der Waals surface area contributed by atoms with Gasteiger partial charge in [-0.15, -0.1) is 0 Å². The number of piperazine rings is 1. The fourth-order valence-corrected chi connectivity index (χ4v) is 7.71. The number of allylic oxidation sites excluding steroid dienone is 1. The maximum Gasteiger partial charge on any atom is 0.231 e. The Balaban J connectivity index is 1.33. The van der Waals surface area contributed by atoms with Gasteiger partial charge in [0.05, 0.1) is 34.4 Å². The molecule has 0 aliphatic carbocycles. The lowest BCUT2D eigenvalue weighted by Gasteiger charge is -2.38. The molecule has 0 radical (unpaired) electrons. The van der Waals surface area contributed by atoms with Gasteiger partial charge in [0.1, 0.15) is 17.2 Å². The Morgan fingerprint density at radius 1 is 1.04 bits per heavy atom. The summed E-state index contributed by atoms with van der Waals surface area (Å²) < 4.78 is 6.41. The molecule has 5 N–H and O–H groups in total. The molecule has 47 heavy (non-hydrogen) atoms. The van der Waals surface area contributed by atoms with E-state index in [0.717, 1.165) is 100 Å². The van der Waals surface area contributed by atoms with Crippen molar-refractivity contribution in [3.05, 3.63) is 60.2 Å². The number of ether oxygens (including phenoxy) is 1. The van der Waals surface area contributed by atoms with Crippen LogP contribution >= 0.6 is 7.92 Å². The number of hydrogen-bond donors (Lipinski definition) is 5. The largest absolute Gasteiger partial charge is 0.491 e. The summed E-state index contributed by atoms with van der Waals surface area (Å²) in [7, 11) is 3.52. The van der Waals surface area contributed by atoms with E-state index in [2.05, 4.69) is 73.2 Å². The first-order chi connectivity index (χ1) is 22.9. The second-order valence-electron chi connectivity index (χ2n) is 12.1. The fraction of sp³-hybridized carbons (Fsp3) is 0.324. The molecule has 0 amide bonds. The third-order valence-electron chi connectivity index (χ3n) is 8.73. The summed E-state index contributed by atoms with van der Waals surface area (Å²) >= 11 is 0. The average molecular weight is 650 g/mol. The van der Waals surface area contributed by atoms with Gasteiger partial charge in [0.2, 0.25) is 5.95 Å². The van der Waals surface area contributed by atoms with Crippen LogP contribution in [0, 0.1) is 5.41 Å². The van der Waals surface area contributed by atoms with Gasteiger partial charge in [-0.1, -0.05) is 7.92 Å². The Morgan fingerprint density at radius 3 is 2.66 bits per heavy atom. The monoisotopic (exact) mass is 649 g/mol. The molecule has 13 heteroatoms. The number of H-pyrrole nitrogens is 1. The Bertz CT molecular complexity index is 1980. The molecular formula is C34H40N11OP. The number of anilines is 5. The Kier molecular flexibility index (Phi) is 8.62. The van der Waals surface area contributed by atoms with Crippen molar-refractivity contribution < 1.29 is 4.74 Å². The quantitative estimate of drug-likeness (QED) is 0.109. The summed E-state index contributed by atoms with van der Waals surface area (Å²) in [6, 6.07) is 8.12. The van der Waals surface area contributed by atoms with Crippen LogP contribution in [0.15, 0.2) is 49.1 Å². The Labute approximate surface area is 275 Å². The third kappa shape index (κ3) is 5.94. The van der Waals surface area contributed by atoms with Gasteiger partial charge in [-0.05, 0) is 57.5 Å². The second kappa shape index (κ2) is 13.1. The number of nitrogens with zero attached hydrogens (tertiary/aromatic N) is 6. The highest BCUT2D eigenvalue weighted by molar-refractivity contribution is 7.65. The molecule has 2 aliphatic rings. The van der Waals surface area contributed by atoms with Gasteiger partial charge < -0.3 is 40.9 Å². The smallest absolute Gasteiger partial charge is 0.231 e. The highest BCUT2D eigenvalue weighted by Crippen LogP contribution is 2.45. The first kappa shape index (κ1) is 30.8. The van der Waals surface area contributed by atoms with Crippen LogP contribution in [0.2, 0.25) is 0 Å². The Morgan fingerprint density at radius 2 is 1.87 bits per heavy atom. The van der Waals surface area contributed by atoms with Crippen LogP contribution in [-0.4, -0.2) is 96.2 Å². The van der Waals surface area contributed by atoms with E-state index in [1.807, 2.05) is 31.6 Å². The molecule has 1 saturated heterocycles. The maximum atomic E-state index is 8.32. The normalized spacial score (nSPS) is 15.5. The molecule has 12 nitrogen and oxygen atoms in total. The molecule has 0 bridgehead atoms. The highest BCUT2D eigenvalue weighted by atomic mass is 31.1. The van der Waals surface area contributed by atoms with Gasteiger partial charge >= 0.3 is 0 Å². The van der Waals surface area contributed by atoms with Crippen molar-refractivity contribution in [2.24, 2.45) is 0 Å². The predicted octanol–water partition coefficient (Wildman–Crippen LogP) is 5.04. The van der Waals surface area contributed by atoms with Crippen LogP contribution in [0.25, 0.3) is 27.6 Å². The standard InChI is InChI=1S/C34H40N11OP/c1-36-20-21(19-35)24-18-27(30-22(6-5-17-46-30)29(24)45-15-13-44(2)14-16-45)41-34-42-32-23(9-10-39-32)33(43-34)40-26-8-7-25-28(31(26)47(3)4)38-12-11-37-25/h7-12,18-20,35-36H,5-6,13-17H2,1-4H3,(H3,39,40,41,42,43)/b21-20+,35-19?. The van der Waals surface area contributed by atoms with Crippen LogP contribution < -0.4 is 30.9 Å². The number of hydrogen-bond acceptors (Lipinski definition) is 11. The van der Waals surface area contributed by atoms with Crippen LogP contribution in [0.4, 0.5) is 28.8 Å². The summed E-state index contributed by atoms with van der Waals surface area (Å²) in [5.41, 5.74) is 8.29. The van der Waals surface area contributed by atoms with Crippen LogP contribution in [-0.2, 0) is 6.42 Å². The molecule has 0 saturated carbocycles. The van der Waals surface area contributed by atoms with Crippen LogP contribution in [0.1, 0.15) is 17.5 Å².